The van der Waals surface area contributed by atoms with Crippen molar-refractivity contribution in [1.82, 2.24) is 19.2 Å². The zero-order valence-corrected chi connectivity index (χ0v) is 19.2. The number of piperazine rings is 1. The Kier molecular flexibility index (Phi) is 5.83. The number of thiazole rings is 1. The lowest BCUT2D eigenvalue weighted by Gasteiger charge is -2.33. The molecule has 1 amide bonds. The lowest BCUT2D eigenvalue weighted by atomic mass is 10.2. The van der Waals surface area contributed by atoms with Gasteiger partial charge in [-0.05, 0) is 24.3 Å². The number of carbonyl (C=O) groups excluding carboxylic acids is 1. The minimum absolute atomic E-state index is 0.187. The number of nitrogens with one attached hydrogen (secondary N) is 1. The van der Waals surface area contributed by atoms with Crippen LogP contribution in [-0.2, 0) is 16.6 Å². The molecule has 3 aromatic heterocycles. The molecule has 11 heteroatoms. The van der Waals surface area contributed by atoms with Gasteiger partial charge in [0.15, 0.2) is 5.13 Å². The van der Waals surface area contributed by atoms with Crippen LogP contribution in [0.5, 0.6) is 0 Å². The average molecular weight is 484 g/mol. The van der Waals surface area contributed by atoms with Gasteiger partial charge < -0.3 is 14.6 Å². The van der Waals surface area contributed by atoms with Crippen molar-refractivity contribution in [3.63, 3.8) is 0 Å². The maximum atomic E-state index is 13.3. The van der Waals surface area contributed by atoms with Crippen LogP contribution >= 0.6 is 11.3 Å². The lowest BCUT2D eigenvalue weighted by molar-refractivity contribution is 0.0693. The predicted octanol–water partition coefficient (Wildman–Crippen LogP) is 3.04. The highest BCUT2D eigenvalue weighted by Gasteiger charge is 2.32. The summed E-state index contributed by atoms with van der Waals surface area (Å²) in [7, 11) is -3.73. The van der Waals surface area contributed by atoms with Crippen LogP contribution in [0.15, 0.2) is 69.6 Å². The molecule has 0 unspecified atom stereocenters. The first-order valence-electron chi connectivity index (χ1n) is 10.4. The molecule has 0 aliphatic carbocycles. The zero-order chi connectivity index (χ0) is 22.8. The molecule has 0 saturated carbocycles. The van der Waals surface area contributed by atoms with Crippen molar-refractivity contribution in [2.45, 2.75) is 11.4 Å². The van der Waals surface area contributed by atoms with Gasteiger partial charge in [-0.3, -0.25) is 9.78 Å². The lowest BCUT2D eigenvalue weighted by Crippen LogP contribution is -2.50. The summed E-state index contributed by atoms with van der Waals surface area (Å²) in [5.41, 5.74) is 0.798. The number of carbonyl (C=O) groups is 1. The number of furan rings is 1. The third-order valence-corrected chi connectivity index (χ3v) is 8.19. The summed E-state index contributed by atoms with van der Waals surface area (Å²) in [6.07, 6.45) is 3.19. The van der Waals surface area contributed by atoms with Gasteiger partial charge in [0.2, 0.25) is 10.0 Å². The van der Waals surface area contributed by atoms with E-state index in [1.165, 1.54) is 15.6 Å². The second-order valence-electron chi connectivity index (χ2n) is 7.50. The topological polar surface area (TPSA) is 109 Å². The van der Waals surface area contributed by atoms with E-state index in [9.17, 15) is 13.2 Å². The Morgan fingerprint density at radius 3 is 2.70 bits per heavy atom. The minimum Gasteiger partial charge on any atom is -0.467 e. The minimum atomic E-state index is -3.73. The van der Waals surface area contributed by atoms with Crippen molar-refractivity contribution in [2.24, 2.45) is 0 Å². The molecule has 1 aliphatic rings. The van der Waals surface area contributed by atoms with Crippen LogP contribution < -0.4 is 5.32 Å². The van der Waals surface area contributed by atoms with E-state index >= 15 is 0 Å². The van der Waals surface area contributed by atoms with Gasteiger partial charge in [0.05, 0.1) is 18.3 Å². The standard InChI is InChI=1S/C22H21N5O4S2/c28-21(18-15-32-22(25-18)24-14-17-6-3-13-31-17)26-9-11-27(12-10-26)33(29,30)19-7-1-4-16-5-2-8-23-20(16)19/h1-8,13,15H,9-12,14H2,(H,24,25). The van der Waals surface area contributed by atoms with Crippen LogP contribution in [0.4, 0.5) is 5.13 Å². The molecule has 1 saturated heterocycles. The van der Waals surface area contributed by atoms with Gasteiger partial charge in [0, 0.05) is 43.1 Å². The summed E-state index contributed by atoms with van der Waals surface area (Å²) >= 11 is 1.34. The molecule has 4 aromatic rings. The number of para-hydroxylation sites is 1. The van der Waals surface area contributed by atoms with Crippen LogP contribution in [-0.4, -0.2) is 59.7 Å². The van der Waals surface area contributed by atoms with Crippen molar-refractivity contribution in [3.05, 3.63) is 71.8 Å². The van der Waals surface area contributed by atoms with Crippen LogP contribution in [0.1, 0.15) is 16.2 Å². The first-order valence-corrected chi connectivity index (χ1v) is 12.7. The number of hydrogen-bond acceptors (Lipinski definition) is 8. The molecule has 5 rings (SSSR count). The smallest absolute Gasteiger partial charge is 0.273 e. The van der Waals surface area contributed by atoms with E-state index < -0.39 is 10.0 Å². The van der Waals surface area contributed by atoms with Gasteiger partial charge in [0.25, 0.3) is 5.91 Å². The normalized spacial score (nSPS) is 15.1. The van der Waals surface area contributed by atoms with Gasteiger partial charge in [-0.1, -0.05) is 18.2 Å². The van der Waals surface area contributed by atoms with Crippen LogP contribution in [0.25, 0.3) is 10.9 Å². The molecular weight excluding hydrogens is 462 g/mol. The summed E-state index contributed by atoms with van der Waals surface area (Å²) in [5.74, 6) is 0.568. The Morgan fingerprint density at radius 2 is 1.91 bits per heavy atom. The number of hydrogen-bond donors (Lipinski definition) is 1. The van der Waals surface area contributed by atoms with Gasteiger partial charge in [0.1, 0.15) is 16.3 Å². The quantitative estimate of drug-likeness (QED) is 0.449. The van der Waals surface area contributed by atoms with Crippen LogP contribution in [0.2, 0.25) is 0 Å². The van der Waals surface area contributed by atoms with Crippen molar-refractivity contribution in [1.29, 1.82) is 0 Å². The Bertz CT molecular complexity index is 1370. The summed E-state index contributed by atoms with van der Waals surface area (Å²) in [4.78, 5) is 23.4. The number of pyridine rings is 1. The predicted molar refractivity (Wildman–Crippen MR) is 125 cm³/mol. The summed E-state index contributed by atoms with van der Waals surface area (Å²) in [6, 6.07) is 12.4. The number of rotatable bonds is 6. The first kappa shape index (κ1) is 21.6. The number of fused-ring (bicyclic) bond motifs is 1. The van der Waals surface area contributed by atoms with Gasteiger partial charge in [-0.15, -0.1) is 11.3 Å². The van der Waals surface area contributed by atoms with E-state index in [2.05, 4.69) is 15.3 Å². The van der Waals surface area contributed by atoms with E-state index in [1.807, 2.05) is 24.3 Å². The summed E-state index contributed by atoms with van der Waals surface area (Å²) in [6.45, 7) is 1.50. The molecule has 1 aliphatic heterocycles. The molecule has 33 heavy (non-hydrogen) atoms. The van der Waals surface area contributed by atoms with Crippen molar-refractivity contribution in [3.8, 4) is 0 Å². The molecule has 1 fully saturated rings. The van der Waals surface area contributed by atoms with Gasteiger partial charge in [-0.25, -0.2) is 13.4 Å². The van der Waals surface area contributed by atoms with E-state index in [0.717, 1.165) is 11.1 Å². The fraction of sp³-hybridized carbons (Fsp3) is 0.227. The molecule has 0 spiro atoms. The van der Waals surface area contributed by atoms with E-state index in [4.69, 9.17) is 4.42 Å². The third kappa shape index (κ3) is 4.34. The second-order valence-corrected chi connectivity index (χ2v) is 10.3. The SMILES string of the molecule is O=C(c1csc(NCc2ccco2)n1)N1CCN(S(=O)(=O)c2cccc3cccnc23)CC1. The molecule has 0 bridgehead atoms. The Labute approximate surface area is 194 Å². The summed E-state index contributed by atoms with van der Waals surface area (Å²) < 4.78 is 33.2. The number of anilines is 1. The van der Waals surface area contributed by atoms with Gasteiger partial charge >= 0.3 is 0 Å². The van der Waals surface area contributed by atoms with Crippen LogP contribution in [0.3, 0.4) is 0 Å². The molecule has 1 aromatic carbocycles. The molecule has 0 radical (unpaired) electrons. The van der Waals surface area contributed by atoms with Crippen molar-refractivity contribution >= 4 is 43.3 Å². The molecule has 4 heterocycles. The highest BCUT2D eigenvalue weighted by molar-refractivity contribution is 7.89. The maximum absolute atomic E-state index is 13.3. The zero-order valence-electron chi connectivity index (χ0n) is 17.5. The highest BCUT2D eigenvalue weighted by Crippen LogP contribution is 2.25. The molecule has 9 nitrogen and oxygen atoms in total. The van der Waals surface area contributed by atoms with Crippen molar-refractivity contribution in [2.75, 3.05) is 31.5 Å². The molecule has 1 N–H and O–H groups in total. The molecular formula is C22H21N5O4S2. The first-order chi connectivity index (χ1) is 16.0. The Hall–Kier alpha value is -3.28. The average Bonchev–Trinajstić information content (AvgIpc) is 3.54. The fourth-order valence-electron chi connectivity index (χ4n) is 3.75. The largest absolute Gasteiger partial charge is 0.467 e. The molecule has 0 atom stereocenters. The monoisotopic (exact) mass is 483 g/mol. The highest BCUT2D eigenvalue weighted by atomic mass is 32.2. The summed E-state index contributed by atoms with van der Waals surface area (Å²) in [5, 5.41) is 6.24. The maximum Gasteiger partial charge on any atom is 0.273 e. The van der Waals surface area contributed by atoms with E-state index in [0.29, 0.717) is 36.0 Å². The fourth-order valence-corrected chi connectivity index (χ4v) is 6.02. The van der Waals surface area contributed by atoms with Crippen molar-refractivity contribution < 1.29 is 17.6 Å². The Morgan fingerprint density at radius 1 is 1.09 bits per heavy atom. The number of nitrogens with zero attached hydrogens (tertiary/aromatic N) is 4. The van der Waals surface area contributed by atoms with Gasteiger partial charge in [-0.2, -0.15) is 4.31 Å². The number of amides is 1. The number of sulfonamides is 1. The molecule has 170 valence electrons. The van der Waals surface area contributed by atoms with Crippen LogP contribution in [0, 0.1) is 0 Å². The Balaban J connectivity index is 1.24. The third-order valence-electron chi connectivity index (χ3n) is 5.46. The second kappa shape index (κ2) is 8.93. The van der Waals surface area contributed by atoms with E-state index in [-0.39, 0.29) is 23.9 Å². The van der Waals surface area contributed by atoms with E-state index in [1.54, 1.807) is 40.9 Å². The number of aromatic nitrogens is 2. The number of benzene rings is 1.